The van der Waals surface area contributed by atoms with Gasteiger partial charge in [0.15, 0.2) is 0 Å². The first-order valence-corrected chi connectivity index (χ1v) is 21.3. The summed E-state index contributed by atoms with van der Waals surface area (Å²) in [6, 6.07) is 88.4. The first kappa shape index (κ1) is 35.7. The molecule has 2 nitrogen and oxygen atoms in total. The minimum absolute atomic E-state index is 1.13. The van der Waals surface area contributed by atoms with Crippen molar-refractivity contribution in [3.63, 3.8) is 0 Å². The highest BCUT2D eigenvalue weighted by molar-refractivity contribution is 6.13. The molecule has 2 aromatic heterocycles. The van der Waals surface area contributed by atoms with Crippen LogP contribution in [0.25, 0.3) is 111 Å². The van der Waals surface area contributed by atoms with Crippen molar-refractivity contribution in [3.8, 4) is 67.0 Å². The zero-order valence-corrected chi connectivity index (χ0v) is 34.0. The van der Waals surface area contributed by atoms with E-state index in [1.54, 1.807) is 0 Å². The van der Waals surface area contributed by atoms with Gasteiger partial charge in [-0.1, -0.05) is 164 Å². The van der Waals surface area contributed by atoms with Crippen molar-refractivity contribution in [2.75, 3.05) is 0 Å². The minimum atomic E-state index is 1.13. The zero-order valence-electron chi connectivity index (χ0n) is 34.0. The molecule has 0 amide bonds. The Kier molecular flexibility index (Phi) is 8.53. The molecule has 0 saturated heterocycles. The van der Waals surface area contributed by atoms with Crippen LogP contribution in [0.1, 0.15) is 0 Å². The van der Waals surface area contributed by atoms with E-state index in [2.05, 4.69) is 252 Å². The van der Waals surface area contributed by atoms with Gasteiger partial charge in [-0.05, 0) is 134 Å². The molecule has 2 heterocycles. The van der Waals surface area contributed by atoms with Gasteiger partial charge in [0.05, 0.1) is 22.1 Å². The SMILES string of the molecule is c1ccc(-c2cccc(-c3cccc(-c4cccc(-n5c6ccc(-c7ccccc7)cc6c6cc(-c7ccc8c(c7)c7ccccc7n8-c7ccccc7)ccc65)c4)c3)c2)cc1. The third-order valence-corrected chi connectivity index (χ3v) is 12.5. The van der Waals surface area contributed by atoms with Crippen LogP contribution in [-0.2, 0) is 0 Å². The molecular weight excluding hydrogens is 749 g/mol. The maximum absolute atomic E-state index is 2.44. The molecule has 0 aliphatic rings. The molecule has 0 atom stereocenters. The molecule has 0 fully saturated rings. The highest BCUT2D eigenvalue weighted by Gasteiger charge is 2.17. The smallest absolute Gasteiger partial charge is 0.0541 e. The van der Waals surface area contributed by atoms with Crippen LogP contribution in [0.15, 0.2) is 243 Å². The van der Waals surface area contributed by atoms with Gasteiger partial charge in [0.2, 0.25) is 0 Å². The second-order valence-corrected chi connectivity index (χ2v) is 16.2. The standard InChI is InChI=1S/C60H40N2/c1-4-15-41(16-5-1)43-19-12-20-44(35-43)45-21-13-22-46(36-45)47-23-14-26-52(37-47)62-59-32-29-48(42-17-6-2-7-18-42)38-55(59)56-40-50(31-34-60(56)62)49-30-33-58-54(39-49)53-27-10-11-28-57(53)61(58)51-24-8-3-9-25-51/h1-40H. The van der Waals surface area contributed by atoms with Gasteiger partial charge in [0.1, 0.15) is 0 Å². The van der Waals surface area contributed by atoms with Crippen LogP contribution >= 0.6 is 0 Å². The van der Waals surface area contributed by atoms with E-state index in [1.807, 2.05) is 0 Å². The molecule has 10 aromatic carbocycles. The first-order chi connectivity index (χ1) is 30.7. The van der Waals surface area contributed by atoms with Crippen molar-refractivity contribution in [3.05, 3.63) is 243 Å². The molecule has 62 heavy (non-hydrogen) atoms. The summed E-state index contributed by atoms with van der Waals surface area (Å²) < 4.78 is 4.82. The average molecular weight is 789 g/mol. The highest BCUT2D eigenvalue weighted by Crippen LogP contribution is 2.40. The molecule has 12 rings (SSSR count). The van der Waals surface area contributed by atoms with E-state index in [0.717, 1.165) is 5.69 Å². The Bertz CT molecular complexity index is 3610. The van der Waals surface area contributed by atoms with Gasteiger partial charge in [-0.15, -0.1) is 0 Å². The molecule has 2 heteroatoms. The van der Waals surface area contributed by atoms with Crippen molar-refractivity contribution in [1.82, 2.24) is 9.13 Å². The van der Waals surface area contributed by atoms with Crippen LogP contribution in [0.5, 0.6) is 0 Å². The van der Waals surface area contributed by atoms with Crippen LogP contribution < -0.4 is 0 Å². The lowest BCUT2D eigenvalue weighted by Crippen LogP contribution is -1.94. The fourth-order valence-electron chi connectivity index (χ4n) is 9.51. The van der Waals surface area contributed by atoms with Crippen LogP contribution in [0, 0.1) is 0 Å². The van der Waals surface area contributed by atoms with E-state index in [0.29, 0.717) is 0 Å². The maximum atomic E-state index is 2.44. The molecule has 0 aliphatic carbocycles. The van der Waals surface area contributed by atoms with E-state index in [4.69, 9.17) is 0 Å². The predicted octanol–water partition coefficient (Wildman–Crippen LogP) is 16.2. The molecule has 12 aromatic rings. The van der Waals surface area contributed by atoms with Gasteiger partial charge < -0.3 is 9.13 Å². The Morgan fingerprint density at radius 1 is 0.177 bits per heavy atom. The molecular formula is C60H40N2. The lowest BCUT2D eigenvalue weighted by atomic mass is 9.96. The maximum Gasteiger partial charge on any atom is 0.0541 e. The molecule has 290 valence electrons. The quantitative estimate of drug-likeness (QED) is 0.152. The van der Waals surface area contributed by atoms with E-state index in [1.165, 1.54) is 105 Å². The van der Waals surface area contributed by atoms with Gasteiger partial charge in [-0.2, -0.15) is 0 Å². The number of aromatic nitrogens is 2. The second-order valence-electron chi connectivity index (χ2n) is 16.2. The molecule has 0 bridgehead atoms. The highest BCUT2D eigenvalue weighted by atomic mass is 15.0. The van der Waals surface area contributed by atoms with Gasteiger partial charge in [-0.25, -0.2) is 0 Å². The normalized spacial score (nSPS) is 11.5. The summed E-state index contributed by atoms with van der Waals surface area (Å²) in [4.78, 5) is 0. The van der Waals surface area contributed by atoms with Gasteiger partial charge in [0.25, 0.3) is 0 Å². The second kappa shape index (κ2) is 14.8. The van der Waals surface area contributed by atoms with Crippen molar-refractivity contribution in [1.29, 1.82) is 0 Å². The summed E-state index contributed by atoms with van der Waals surface area (Å²) in [5.74, 6) is 0. The van der Waals surface area contributed by atoms with Crippen LogP contribution in [-0.4, -0.2) is 9.13 Å². The molecule has 0 N–H and O–H groups in total. The number of nitrogens with zero attached hydrogens (tertiary/aromatic N) is 2. The van der Waals surface area contributed by atoms with Gasteiger partial charge in [-0.3, -0.25) is 0 Å². The van der Waals surface area contributed by atoms with E-state index < -0.39 is 0 Å². The van der Waals surface area contributed by atoms with Crippen LogP contribution in [0.4, 0.5) is 0 Å². The van der Waals surface area contributed by atoms with Crippen molar-refractivity contribution in [2.45, 2.75) is 0 Å². The number of rotatable bonds is 7. The fraction of sp³-hybridized carbons (Fsp3) is 0. The summed E-state index contributed by atoms with van der Waals surface area (Å²) >= 11 is 0. The Morgan fingerprint density at radius 2 is 0.500 bits per heavy atom. The molecule has 0 aliphatic heterocycles. The molecule has 0 radical (unpaired) electrons. The largest absolute Gasteiger partial charge is 0.309 e. The zero-order chi connectivity index (χ0) is 41.0. The molecule has 0 spiro atoms. The fourth-order valence-corrected chi connectivity index (χ4v) is 9.51. The third kappa shape index (κ3) is 6.12. The first-order valence-electron chi connectivity index (χ1n) is 21.3. The predicted molar refractivity (Wildman–Crippen MR) is 262 cm³/mol. The Morgan fingerprint density at radius 3 is 1.03 bits per heavy atom. The Labute approximate surface area is 360 Å². The monoisotopic (exact) mass is 788 g/mol. The molecule has 0 saturated carbocycles. The summed E-state index contributed by atoms with van der Waals surface area (Å²) in [6.45, 7) is 0. The average Bonchev–Trinajstić information content (AvgIpc) is 3.87. The van der Waals surface area contributed by atoms with Gasteiger partial charge >= 0.3 is 0 Å². The minimum Gasteiger partial charge on any atom is -0.309 e. The number of benzene rings is 10. The lowest BCUT2D eigenvalue weighted by molar-refractivity contribution is 1.18. The van der Waals surface area contributed by atoms with Crippen LogP contribution in [0.3, 0.4) is 0 Å². The Balaban J connectivity index is 0.992. The van der Waals surface area contributed by atoms with Crippen molar-refractivity contribution in [2.24, 2.45) is 0 Å². The summed E-state index contributed by atoms with van der Waals surface area (Å²) in [6.07, 6.45) is 0. The number of para-hydroxylation sites is 2. The van der Waals surface area contributed by atoms with Gasteiger partial charge in [0, 0.05) is 32.9 Å². The number of hydrogen-bond donors (Lipinski definition) is 0. The topological polar surface area (TPSA) is 9.86 Å². The van der Waals surface area contributed by atoms with E-state index in [9.17, 15) is 0 Å². The summed E-state index contributed by atoms with van der Waals surface area (Å²) in [7, 11) is 0. The van der Waals surface area contributed by atoms with Crippen molar-refractivity contribution >= 4 is 43.6 Å². The number of hydrogen-bond acceptors (Lipinski definition) is 0. The van der Waals surface area contributed by atoms with Crippen molar-refractivity contribution < 1.29 is 0 Å². The Hall–Kier alpha value is -8.20. The summed E-state index contributed by atoms with van der Waals surface area (Å²) in [5, 5.41) is 4.97. The van der Waals surface area contributed by atoms with Crippen LogP contribution in [0.2, 0.25) is 0 Å². The van der Waals surface area contributed by atoms with E-state index >= 15 is 0 Å². The molecule has 0 unspecified atom stereocenters. The number of fused-ring (bicyclic) bond motifs is 6. The lowest BCUT2D eigenvalue weighted by Gasteiger charge is -2.12. The summed E-state index contributed by atoms with van der Waals surface area (Å²) in [5.41, 5.74) is 19.1. The van der Waals surface area contributed by atoms with E-state index in [-0.39, 0.29) is 0 Å². The third-order valence-electron chi connectivity index (χ3n) is 12.5.